The van der Waals surface area contributed by atoms with Crippen molar-refractivity contribution in [3.05, 3.63) is 26.4 Å². The van der Waals surface area contributed by atoms with Gasteiger partial charge in [-0.3, -0.25) is 0 Å². The van der Waals surface area contributed by atoms with E-state index in [1.54, 1.807) is 22.7 Å². The monoisotopic (exact) mass is 351 g/mol. The first-order valence-corrected chi connectivity index (χ1v) is 8.53. The Bertz CT molecular complexity index is 791. The number of nitrogens with two attached hydrogens (primary N) is 1. The maximum absolute atomic E-state index is 6.17. The standard InChI is InChI=1S/C13H10BrN3S2/c14-6-4-9(18-5-6)12-16-11(15)10-7-2-1-3-8(7)19-13(10)17-12/h4-5H,1-3H2,(H2,15,16,17). The third kappa shape index (κ3) is 1.81. The molecule has 2 N–H and O–H groups in total. The Balaban J connectivity index is 1.96. The normalized spacial score (nSPS) is 14.2. The van der Waals surface area contributed by atoms with Crippen molar-refractivity contribution in [1.82, 2.24) is 9.97 Å². The summed E-state index contributed by atoms with van der Waals surface area (Å²) in [6.45, 7) is 0. The minimum Gasteiger partial charge on any atom is -0.383 e. The van der Waals surface area contributed by atoms with E-state index in [4.69, 9.17) is 10.7 Å². The molecule has 0 bridgehead atoms. The summed E-state index contributed by atoms with van der Waals surface area (Å²) < 4.78 is 1.06. The molecular weight excluding hydrogens is 342 g/mol. The van der Waals surface area contributed by atoms with Gasteiger partial charge in [0.2, 0.25) is 0 Å². The van der Waals surface area contributed by atoms with Crippen LogP contribution in [0.2, 0.25) is 0 Å². The summed E-state index contributed by atoms with van der Waals surface area (Å²) in [5.74, 6) is 1.37. The van der Waals surface area contributed by atoms with Gasteiger partial charge in [-0.1, -0.05) is 0 Å². The fraction of sp³-hybridized carbons (Fsp3) is 0.231. The Morgan fingerprint density at radius 1 is 1.26 bits per heavy atom. The molecule has 3 aromatic rings. The third-order valence-corrected chi connectivity index (χ3v) is 6.25. The zero-order valence-electron chi connectivity index (χ0n) is 9.94. The molecule has 3 heterocycles. The first kappa shape index (κ1) is 11.8. The van der Waals surface area contributed by atoms with Gasteiger partial charge < -0.3 is 5.73 Å². The molecule has 1 aliphatic carbocycles. The number of thiophene rings is 2. The molecule has 0 fully saturated rings. The fourth-order valence-electron chi connectivity index (χ4n) is 2.56. The van der Waals surface area contributed by atoms with E-state index in [0.717, 1.165) is 38.2 Å². The smallest absolute Gasteiger partial charge is 0.173 e. The zero-order chi connectivity index (χ0) is 13.0. The molecular formula is C13H10BrN3S2. The van der Waals surface area contributed by atoms with E-state index in [1.165, 1.54) is 16.9 Å². The van der Waals surface area contributed by atoms with Crippen molar-refractivity contribution in [3.63, 3.8) is 0 Å². The summed E-state index contributed by atoms with van der Waals surface area (Å²) in [6, 6.07) is 2.03. The molecule has 0 saturated carbocycles. The lowest BCUT2D eigenvalue weighted by Crippen LogP contribution is -1.96. The summed E-state index contributed by atoms with van der Waals surface area (Å²) in [5, 5.41) is 3.13. The van der Waals surface area contributed by atoms with Gasteiger partial charge in [0.05, 0.1) is 10.3 Å². The summed E-state index contributed by atoms with van der Waals surface area (Å²) in [7, 11) is 0. The van der Waals surface area contributed by atoms with Gasteiger partial charge in [-0.2, -0.15) is 0 Å². The number of aromatic nitrogens is 2. The van der Waals surface area contributed by atoms with Crippen LogP contribution in [0.4, 0.5) is 5.82 Å². The van der Waals surface area contributed by atoms with Gasteiger partial charge in [0.25, 0.3) is 0 Å². The van der Waals surface area contributed by atoms with Crippen LogP contribution in [-0.4, -0.2) is 9.97 Å². The molecule has 0 aliphatic heterocycles. The SMILES string of the molecule is Nc1nc(-c2cc(Br)cs2)nc2sc3c(c12)CCC3. The Morgan fingerprint density at radius 2 is 2.16 bits per heavy atom. The minimum atomic E-state index is 0.629. The van der Waals surface area contributed by atoms with Crippen LogP contribution >= 0.6 is 38.6 Å². The second-order valence-electron chi connectivity index (χ2n) is 4.60. The molecule has 0 aromatic carbocycles. The minimum absolute atomic E-state index is 0.629. The zero-order valence-corrected chi connectivity index (χ0v) is 13.2. The predicted molar refractivity (Wildman–Crippen MR) is 84.9 cm³/mol. The molecule has 3 aromatic heterocycles. The van der Waals surface area contributed by atoms with Crippen molar-refractivity contribution in [2.45, 2.75) is 19.3 Å². The van der Waals surface area contributed by atoms with E-state index in [2.05, 4.69) is 20.9 Å². The number of fused-ring (bicyclic) bond motifs is 3. The number of nitrogen functional groups attached to an aromatic ring is 1. The lowest BCUT2D eigenvalue weighted by atomic mass is 10.2. The highest BCUT2D eigenvalue weighted by Gasteiger charge is 2.21. The summed E-state index contributed by atoms with van der Waals surface area (Å²) >= 11 is 6.87. The maximum atomic E-state index is 6.17. The average Bonchev–Trinajstić information content (AvgIpc) is 3.02. The van der Waals surface area contributed by atoms with E-state index in [0.29, 0.717) is 5.82 Å². The summed E-state index contributed by atoms with van der Waals surface area (Å²) in [4.78, 5) is 12.7. The van der Waals surface area contributed by atoms with Crippen molar-refractivity contribution < 1.29 is 0 Å². The lowest BCUT2D eigenvalue weighted by Gasteiger charge is -2.01. The summed E-state index contributed by atoms with van der Waals surface area (Å²) in [5.41, 5.74) is 7.55. The first-order chi connectivity index (χ1) is 9.22. The van der Waals surface area contributed by atoms with Crippen LogP contribution in [-0.2, 0) is 12.8 Å². The summed E-state index contributed by atoms with van der Waals surface area (Å²) in [6.07, 6.45) is 3.51. The van der Waals surface area contributed by atoms with Crippen LogP contribution in [0, 0.1) is 0 Å². The molecule has 1 aliphatic rings. The van der Waals surface area contributed by atoms with Gasteiger partial charge in [-0.25, -0.2) is 9.97 Å². The number of aryl methyl sites for hydroxylation is 2. The molecule has 0 amide bonds. The number of halogens is 1. The van der Waals surface area contributed by atoms with Crippen molar-refractivity contribution in [2.75, 3.05) is 5.73 Å². The maximum Gasteiger partial charge on any atom is 0.173 e. The van der Waals surface area contributed by atoms with E-state index in [-0.39, 0.29) is 0 Å². The first-order valence-electron chi connectivity index (χ1n) is 6.04. The van der Waals surface area contributed by atoms with Gasteiger partial charge in [0.1, 0.15) is 10.6 Å². The highest BCUT2D eigenvalue weighted by molar-refractivity contribution is 9.10. The molecule has 96 valence electrons. The van der Waals surface area contributed by atoms with Crippen LogP contribution in [0.1, 0.15) is 16.9 Å². The van der Waals surface area contributed by atoms with Crippen molar-refractivity contribution >= 4 is 54.6 Å². The Morgan fingerprint density at radius 3 is 2.95 bits per heavy atom. The highest BCUT2D eigenvalue weighted by atomic mass is 79.9. The molecule has 0 spiro atoms. The van der Waals surface area contributed by atoms with Crippen molar-refractivity contribution in [2.24, 2.45) is 0 Å². The molecule has 0 unspecified atom stereocenters. The molecule has 0 radical (unpaired) electrons. The van der Waals surface area contributed by atoms with E-state index >= 15 is 0 Å². The lowest BCUT2D eigenvalue weighted by molar-refractivity contribution is 0.917. The van der Waals surface area contributed by atoms with E-state index in [1.807, 2.05) is 11.4 Å². The van der Waals surface area contributed by atoms with Gasteiger partial charge in [0, 0.05) is 14.7 Å². The fourth-order valence-corrected chi connectivity index (χ4v) is 5.19. The topological polar surface area (TPSA) is 51.8 Å². The van der Waals surface area contributed by atoms with Crippen LogP contribution in [0.5, 0.6) is 0 Å². The van der Waals surface area contributed by atoms with Gasteiger partial charge in [0.15, 0.2) is 5.82 Å². The number of rotatable bonds is 1. The highest BCUT2D eigenvalue weighted by Crippen LogP contribution is 2.40. The Hall–Kier alpha value is -0.980. The number of hydrogen-bond acceptors (Lipinski definition) is 5. The quantitative estimate of drug-likeness (QED) is 0.712. The second kappa shape index (κ2) is 4.26. The third-order valence-electron chi connectivity index (χ3n) is 3.38. The number of hydrogen-bond donors (Lipinski definition) is 1. The Kier molecular flexibility index (Phi) is 2.65. The van der Waals surface area contributed by atoms with Crippen LogP contribution in [0.15, 0.2) is 15.9 Å². The molecule has 19 heavy (non-hydrogen) atoms. The Labute approximate surface area is 126 Å². The van der Waals surface area contributed by atoms with Crippen LogP contribution in [0.3, 0.4) is 0 Å². The van der Waals surface area contributed by atoms with Crippen LogP contribution < -0.4 is 5.73 Å². The van der Waals surface area contributed by atoms with Crippen molar-refractivity contribution in [1.29, 1.82) is 0 Å². The molecule has 0 atom stereocenters. The number of anilines is 1. The molecule has 0 saturated heterocycles. The largest absolute Gasteiger partial charge is 0.383 e. The van der Waals surface area contributed by atoms with Gasteiger partial charge in [-0.15, -0.1) is 22.7 Å². The van der Waals surface area contributed by atoms with Gasteiger partial charge in [-0.05, 0) is 46.8 Å². The van der Waals surface area contributed by atoms with E-state index in [9.17, 15) is 0 Å². The van der Waals surface area contributed by atoms with Gasteiger partial charge >= 0.3 is 0 Å². The van der Waals surface area contributed by atoms with E-state index < -0.39 is 0 Å². The van der Waals surface area contributed by atoms with Crippen molar-refractivity contribution in [3.8, 4) is 10.7 Å². The second-order valence-corrected chi connectivity index (χ2v) is 7.51. The number of nitrogens with zero attached hydrogens (tertiary/aromatic N) is 2. The molecule has 3 nitrogen and oxygen atoms in total. The predicted octanol–water partition coefficient (Wildman–Crippen LogP) is 4.25. The molecule has 6 heteroatoms. The average molecular weight is 352 g/mol. The van der Waals surface area contributed by atoms with Crippen LogP contribution in [0.25, 0.3) is 20.9 Å². The molecule has 4 rings (SSSR count).